The first-order valence-corrected chi connectivity index (χ1v) is 7.68. The van der Waals surface area contributed by atoms with Crippen molar-refractivity contribution in [3.05, 3.63) is 78.4 Å². The lowest BCUT2D eigenvalue weighted by atomic mass is 10.1. The zero-order valence-corrected chi connectivity index (χ0v) is 14.6. The third-order valence-corrected chi connectivity index (χ3v) is 3.54. The van der Waals surface area contributed by atoms with Crippen molar-refractivity contribution in [2.45, 2.75) is 19.4 Å². The van der Waals surface area contributed by atoms with Crippen LogP contribution in [0.25, 0.3) is 0 Å². The van der Waals surface area contributed by atoms with Gasteiger partial charge in [-0.25, -0.2) is 0 Å². The number of nitro groups is 3. The minimum Gasteiger partial charge on any atom is -0.497 e. The van der Waals surface area contributed by atoms with Crippen LogP contribution in [-0.4, -0.2) is 33.0 Å². The third kappa shape index (κ3) is 6.32. The number of non-ortho nitro benzene ring substituents is 1. The molecule has 0 fully saturated rings. The SMILES string of the molecule is CNC(C)Cc1ccccc1.O=[N+]([O-])c1cc([N+](=O)[O-])c(O)c([N+](=O)[O-])c1. The van der Waals surface area contributed by atoms with Gasteiger partial charge in [0.25, 0.3) is 11.4 Å². The molecule has 0 heterocycles. The van der Waals surface area contributed by atoms with Crippen LogP contribution in [0.5, 0.6) is 5.75 Å². The molecule has 0 aromatic heterocycles. The van der Waals surface area contributed by atoms with Crippen molar-refractivity contribution < 1.29 is 19.9 Å². The number of nitrogens with one attached hydrogen (secondary N) is 1. The van der Waals surface area contributed by atoms with E-state index in [0.717, 1.165) is 6.42 Å². The summed E-state index contributed by atoms with van der Waals surface area (Å²) in [5.41, 5.74) is -1.60. The molecule has 1 unspecified atom stereocenters. The molecule has 27 heavy (non-hydrogen) atoms. The number of rotatable bonds is 6. The van der Waals surface area contributed by atoms with Gasteiger partial charge < -0.3 is 10.4 Å². The zero-order chi connectivity index (χ0) is 20.6. The molecular formula is C16H18N4O7. The fraction of sp³-hybridized carbons (Fsp3) is 0.250. The molecule has 0 bridgehead atoms. The van der Waals surface area contributed by atoms with Gasteiger partial charge in [0.15, 0.2) is 0 Å². The van der Waals surface area contributed by atoms with Crippen LogP contribution in [0.3, 0.4) is 0 Å². The van der Waals surface area contributed by atoms with Crippen molar-refractivity contribution in [1.82, 2.24) is 5.32 Å². The summed E-state index contributed by atoms with van der Waals surface area (Å²) in [7, 11) is 1.99. The molecule has 0 aliphatic rings. The molecule has 0 amide bonds. The van der Waals surface area contributed by atoms with Crippen LogP contribution in [0.2, 0.25) is 0 Å². The Morgan fingerprint density at radius 3 is 1.81 bits per heavy atom. The van der Waals surface area contributed by atoms with Gasteiger partial charge in [-0.3, -0.25) is 30.3 Å². The van der Waals surface area contributed by atoms with Gasteiger partial charge in [0, 0.05) is 6.04 Å². The summed E-state index contributed by atoms with van der Waals surface area (Å²) in [6.45, 7) is 2.19. The van der Waals surface area contributed by atoms with Crippen LogP contribution in [0.1, 0.15) is 12.5 Å². The number of hydrogen-bond acceptors (Lipinski definition) is 8. The fourth-order valence-electron chi connectivity index (χ4n) is 2.04. The maximum atomic E-state index is 10.4. The Labute approximate surface area is 153 Å². The van der Waals surface area contributed by atoms with Gasteiger partial charge in [-0.15, -0.1) is 0 Å². The summed E-state index contributed by atoms with van der Waals surface area (Å²) in [6.07, 6.45) is 1.11. The van der Waals surface area contributed by atoms with Gasteiger partial charge in [0.05, 0.1) is 26.9 Å². The molecule has 2 rings (SSSR count). The van der Waals surface area contributed by atoms with Crippen LogP contribution in [0, 0.1) is 30.3 Å². The normalized spacial score (nSPS) is 11.0. The van der Waals surface area contributed by atoms with E-state index in [4.69, 9.17) is 5.11 Å². The monoisotopic (exact) mass is 378 g/mol. The predicted molar refractivity (Wildman–Crippen MR) is 96.7 cm³/mol. The Morgan fingerprint density at radius 2 is 1.44 bits per heavy atom. The smallest absolute Gasteiger partial charge is 0.324 e. The van der Waals surface area contributed by atoms with Crippen LogP contribution in [-0.2, 0) is 6.42 Å². The second-order valence-corrected chi connectivity index (χ2v) is 5.48. The second-order valence-electron chi connectivity index (χ2n) is 5.48. The van der Waals surface area contributed by atoms with Crippen molar-refractivity contribution >= 4 is 17.1 Å². The highest BCUT2D eigenvalue weighted by molar-refractivity contribution is 5.64. The summed E-state index contributed by atoms with van der Waals surface area (Å²) in [5.74, 6) is -1.21. The van der Waals surface area contributed by atoms with E-state index in [1.807, 2.05) is 13.1 Å². The van der Waals surface area contributed by atoms with E-state index in [0.29, 0.717) is 18.2 Å². The lowest BCUT2D eigenvalue weighted by molar-refractivity contribution is -0.404. The molecule has 0 saturated carbocycles. The van der Waals surface area contributed by atoms with Crippen LogP contribution in [0.15, 0.2) is 42.5 Å². The van der Waals surface area contributed by atoms with Crippen molar-refractivity contribution in [2.24, 2.45) is 0 Å². The Hall–Kier alpha value is -3.60. The topological polar surface area (TPSA) is 162 Å². The van der Waals surface area contributed by atoms with Crippen LogP contribution in [0.4, 0.5) is 17.1 Å². The van der Waals surface area contributed by atoms with E-state index in [9.17, 15) is 30.3 Å². The molecule has 2 aromatic carbocycles. The molecule has 1 atom stereocenters. The number of aromatic hydroxyl groups is 1. The second kappa shape index (κ2) is 9.77. The predicted octanol–water partition coefficient (Wildman–Crippen LogP) is 2.95. The number of nitrogens with zero attached hydrogens (tertiary/aromatic N) is 3. The number of benzene rings is 2. The van der Waals surface area contributed by atoms with Crippen molar-refractivity contribution in [3.63, 3.8) is 0 Å². The van der Waals surface area contributed by atoms with E-state index >= 15 is 0 Å². The van der Waals surface area contributed by atoms with Gasteiger partial charge >= 0.3 is 11.4 Å². The first kappa shape index (κ1) is 21.4. The van der Waals surface area contributed by atoms with Crippen molar-refractivity contribution in [3.8, 4) is 5.75 Å². The number of phenols is 1. The molecular weight excluding hydrogens is 360 g/mol. The lowest BCUT2D eigenvalue weighted by Crippen LogP contribution is -2.23. The molecule has 0 aliphatic heterocycles. The minimum atomic E-state index is -1.21. The minimum absolute atomic E-state index is 0.447. The van der Waals surface area contributed by atoms with E-state index in [1.165, 1.54) is 5.56 Å². The molecule has 0 saturated heterocycles. The Morgan fingerprint density at radius 1 is 0.963 bits per heavy atom. The fourth-order valence-corrected chi connectivity index (χ4v) is 2.04. The molecule has 0 aliphatic carbocycles. The highest BCUT2D eigenvalue weighted by Gasteiger charge is 2.30. The summed E-state index contributed by atoms with van der Waals surface area (Å²) in [5, 5.41) is 43.4. The molecule has 0 radical (unpaired) electrons. The Bertz CT molecular complexity index is 792. The third-order valence-electron chi connectivity index (χ3n) is 3.54. The maximum Gasteiger partial charge on any atom is 0.324 e. The first-order valence-electron chi connectivity index (χ1n) is 7.68. The number of nitro benzene ring substituents is 3. The molecule has 11 nitrogen and oxygen atoms in total. The molecule has 144 valence electrons. The van der Waals surface area contributed by atoms with E-state index in [-0.39, 0.29) is 0 Å². The van der Waals surface area contributed by atoms with Crippen LogP contribution >= 0.6 is 0 Å². The Kier molecular flexibility index (Phi) is 7.76. The number of likely N-dealkylation sites (N-methyl/N-ethyl adjacent to an activating group) is 1. The summed E-state index contributed by atoms with van der Waals surface area (Å²) in [6, 6.07) is 12.0. The summed E-state index contributed by atoms with van der Waals surface area (Å²) in [4.78, 5) is 27.8. The van der Waals surface area contributed by atoms with Gasteiger partial charge in [0.1, 0.15) is 0 Å². The first-order chi connectivity index (χ1) is 12.7. The van der Waals surface area contributed by atoms with E-state index in [2.05, 4.69) is 36.5 Å². The average molecular weight is 378 g/mol. The average Bonchev–Trinajstić information content (AvgIpc) is 2.62. The Balaban J connectivity index is 0.000000289. The highest BCUT2D eigenvalue weighted by Crippen LogP contribution is 2.38. The number of phenolic OH excluding ortho intramolecular Hbond substituents is 1. The summed E-state index contributed by atoms with van der Waals surface area (Å²) < 4.78 is 0. The maximum absolute atomic E-state index is 10.4. The highest BCUT2D eigenvalue weighted by atomic mass is 16.6. The van der Waals surface area contributed by atoms with Gasteiger partial charge in [0.2, 0.25) is 0 Å². The van der Waals surface area contributed by atoms with Crippen molar-refractivity contribution in [2.75, 3.05) is 7.05 Å². The van der Waals surface area contributed by atoms with Crippen LogP contribution < -0.4 is 5.32 Å². The van der Waals surface area contributed by atoms with Gasteiger partial charge in [-0.05, 0) is 26.0 Å². The summed E-state index contributed by atoms with van der Waals surface area (Å²) >= 11 is 0. The standard InChI is InChI=1S/C10H15N.C6H3N3O7/c1-9(11-2)8-10-6-4-3-5-7-10;10-6-4(8(13)14)1-3(7(11)12)2-5(6)9(15)16/h3-7,9,11H,8H2,1-2H3;1-2,10H. The largest absolute Gasteiger partial charge is 0.497 e. The van der Waals surface area contributed by atoms with Gasteiger partial charge in [-0.2, -0.15) is 0 Å². The zero-order valence-electron chi connectivity index (χ0n) is 14.6. The van der Waals surface area contributed by atoms with Crippen molar-refractivity contribution in [1.29, 1.82) is 0 Å². The van der Waals surface area contributed by atoms with E-state index < -0.39 is 37.6 Å². The number of hydrogen-bond donors (Lipinski definition) is 2. The lowest BCUT2D eigenvalue weighted by Gasteiger charge is -2.08. The molecule has 2 aromatic rings. The molecule has 2 N–H and O–H groups in total. The van der Waals surface area contributed by atoms with E-state index in [1.54, 1.807) is 0 Å². The molecule has 0 spiro atoms. The van der Waals surface area contributed by atoms with Gasteiger partial charge in [-0.1, -0.05) is 30.3 Å². The molecule has 11 heteroatoms. The quantitative estimate of drug-likeness (QED) is 0.572.